The molecule has 2 aromatic carbocycles. The third-order valence-electron chi connectivity index (χ3n) is 4.72. The number of nitrogens with one attached hydrogen (secondary N) is 2. The van der Waals surface area contributed by atoms with E-state index in [1.54, 1.807) is 12.1 Å². The number of rotatable bonds is 5. The standard InChI is InChI=1S/C22H20FN3O2S/c1-13-4-3-5-14(2)21(13)25-20(28)12-29-22-18(11-24)17(10-19(27)26-22)15-6-8-16(23)9-7-15/h3-9,17H,10,12H2,1-2H3,(H,25,28)(H,26,27)/t17-/m1/s1. The Balaban J connectivity index is 1.77. The zero-order valence-corrected chi connectivity index (χ0v) is 16.9. The van der Waals surface area contributed by atoms with E-state index in [-0.39, 0.29) is 29.8 Å². The second-order valence-corrected chi connectivity index (χ2v) is 7.80. The highest BCUT2D eigenvalue weighted by molar-refractivity contribution is 8.03. The Hall–Kier alpha value is -3.11. The molecular formula is C22H20FN3O2S. The number of nitrogens with zero attached hydrogens (tertiary/aromatic N) is 1. The lowest BCUT2D eigenvalue weighted by molar-refractivity contribution is -0.121. The van der Waals surface area contributed by atoms with E-state index >= 15 is 0 Å². The third kappa shape index (κ3) is 4.84. The minimum atomic E-state index is -0.460. The van der Waals surface area contributed by atoms with E-state index in [9.17, 15) is 19.2 Å². The number of para-hydroxylation sites is 1. The maximum absolute atomic E-state index is 13.2. The molecule has 0 saturated carbocycles. The van der Waals surface area contributed by atoms with Gasteiger partial charge in [-0.3, -0.25) is 9.59 Å². The minimum Gasteiger partial charge on any atom is -0.325 e. The molecule has 1 heterocycles. The summed E-state index contributed by atoms with van der Waals surface area (Å²) in [7, 11) is 0. The molecule has 0 bridgehead atoms. The number of nitriles is 1. The van der Waals surface area contributed by atoms with Crippen LogP contribution in [0.2, 0.25) is 0 Å². The number of amides is 2. The van der Waals surface area contributed by atoms with Crippen molar-refractivity contribution in [2.75, 3.05) is 11.1 Å². The number of thioether (sulfide) groups is 1. The van der Waals surface area contributed by atoms with Crippen LogP contribution in [0.5, 0.6) is 0 Å². The van der Waals surface area contributed by atoms with Gasteiger partial charge in [-0.25, -0.2) is 4.39 Å². The molecule has 7 heteroatoms. The van der Waals surface area contributed by atoms with Crippen LogP contribution in [-0.2, 0) is 9.59 Å². The van der Waals surface area contributed by atoms with Gasteiger partial charge < -0.3 is 10.6 Å². The van der Waals surface area contributed by atoms with E-state index in [1.807, 2.05) is 32.0 Å². The van der Waals surface area contributed by atoms with Crippen molar-refractivity contribution in [3.8, 4) is 6.07 Å². The van der Waals surface area contributed by atoms with Crippen LogP contribution >= 0.6 is 11.8 Å². The Morgan fingerprint density at radius 3 is 2.52 bits per heavy atom. The van der Waals surface area contributed by atoms with Gasteiger partial charge in [0.25, 0.3) is 0 Å². The van der Waals surface area contributed by atoms with Crippen molar-refractivity contribution in [1.29, 1.82) is 5.26 Å². The van der Waals surface area contributed by atoms with Crippen molar-refractivity contribution in [3.63, 3.8) is 0 Å². The zero-order valence-electron chi connectivity index (χ0n) is 16.1. The fraction of sp³-hybridized carbons (Fsp3) is 0.227. The van der Waals surface area contributed by atoms with Crippen LogP contribution in [0.4, 0.5) is 10.1 Å². The van der Waals surface area contributed by atoms with Crippen molar-refractivity contribution in [2.45, 2.75) is 26.2 Å². The van der Waals surface area contributed by atoms with Crippen LogP contribution in [-0.4, -0.2) is 17.6 Å². The highest BCUT2D eigenvalue weighted by Gasteiger charge is 2.29. The number of hydrogen-bond donors (Lipinski definition) is 2. The zero-order chi connectivity index (χ0) is 21.0. The van der Waals surface area contributed by atoms with Gasteiger partial charge in [-0.2, -0.15) is 5.26 Å². The summed E-state index contributed by atoms with van der Waals surface area (Å²) < 4.78 is 13.2. The number of halogens is 1. The predicted octanol–water partition coefficient (Wildman–Crippen LogP) is 4.15. The fourth-order valence-corrected chi connectivity index (χ4v) is 4.11. The molecule has 0 aliphatic carbocycles. The summed E-state index contributed by atoms with van der Waals surface area (Å²) in [6.45, 7) is 3.83. The Labute approximate surface area is 173 Å². The molecule has 1 aliphatic heterocycles. The Kier molecular flexibility index (Phi) is 6.35. The minimum absolute atomic E-state index is 0.0463. The summed E-state index contributed by atoms with van der Waals surface area (Å²) in [5.41, 5.74) is 3.76. The van der Waals surface area contributed by atoms with Crippen molar-refractivity contribution >= 4 is 29.3 Å². The van der Waals surface area contributed by atoms with Gasteiger partial charge >= 0.3 is 0 Å². The maximum atomic E-state index is 13.2. The van der Waals surface area contributed by atoms with Gasteiger partial charge in [0.2, 0.25) is 11.8 Å². The average molecular weight is 409 g/mol. The number of carbonyl (C=O) groups is 2. The number of anilines is 1. The SMILES string of the molecule is Cc1cccc(C)c1NC(=O)CSC1=C(C#N)[C@@H](c2ccc(F)cc2)CC(=O)N1. The Morgan fingerprint density at radius 1 is 1.24 bits per heavy atom. The monoisotopic (exact) mass is 409 g/mol. The molecule has 0 aromatic heterocycles. The molecule has 2 N–H and O–H groups in total. The molecular weight excluding hydrogens is 389 g/mol. The summed E-state index contributed by atoms with van der Waals surface area (Å²) in [6.07, 6.45) is 0.104. The lowest BCUT2D eigenvalue weighted by atomic mass is 9.87. The van der Waals surface area contributed by atoms with Crippen LogP contribution in [0, 0.1) is 31.0 Å². The first-order valence-corrected chi connectivity index (χ1v) is 10.1. The lowest BCUT2D eigenvalue weighted by Crippen LogP contribution is -2.31. The van der Waals surface area contributed by atoms with Gasteiger partial charge in [0.1, 0.15) is 5.82 Å². The highest BCUT2D eigenvalue weighted by atomic mass is 32.2. The van der Waals surface area contributed by atoms with Crippen molar-refractivity contribution < 1.29 is 14.0 Å². The first-order valence-electron chi connectivity index (χ1n) is 9.07. The molecule has 1 atom stereocenters. The highest BCUT2D eigenvalue weighted by Crippen LogP contribution is 2.36. The topological polar surface area (TPSA) is 82.0 Å². The molecule has 148 valence electrons. The smallest absolute Gasteiger partial charge is 0.234 e. The molecule has 1 aliphatic rings. The van der Waals surface area contributed by atoms with Crippen LogP contribution in [0.25, 0.3) is 0 Å². The fourth-order valence-electron chi connectivity index (χ4n) is 3.24. The number of allylic oxidation sites excluding steroid dienone is 1. The third-order valence-corrected chi connectivity index (χ3v) is 5.74. The molecule has 0 fully saturated rings. The van der Waals surface area contributed by atoms with Gasteiger partial charge in [0.15, 0.2) is 0 Å². The molecule has 0 spiro atoms. The van der Waals surface area contributed by atoms with E-state index in [0.717, 1.165) is 28.6 Å². The van der Waals surface area contributed by atoms with Crippen molar-refractivity contribution in [3.05, 3.63) is 75.6 Å². The van der Waals surface area contributed by atoms with Gasteiger partial charge in [-0.15, -0.1) is 0 Å². The molecule has 2 amide bonds. The van der Waals surface area contributed by atoms with Crippen LogP contribution in [0.15, 0.2) is 53.1 Å². The Morgan fingerprint density at radius 2 is 1.90 bits per heavy atom. The molecule has 0 radical (unpaired) electrons. The molecule has 29 heavy (non-hydrogen) atoms. The normalized spacial score (nSPS) is 16.2. The summed E-state index contributed by atoms with van der Waals surface area (Å²) in [4.78, 5) is 24.6. The summed E-state index contributed by atoms with van der Waals surface area (Å²) in [5.74, 6) is -1.26. The number of aryl methyl sites for hydroxylation is 2. The van der Waals surface area contributed by atoms with Crippen LogP contribution < -0.4 is 10.6 Å². The molecule has 5 nitrogen and oxygen atoms in total. The van der Waals surface area contributed by atoms with E-state index in [2.05, 4.69) is 16.7 Å². The van der Waals surface area contributed by atoms with Gasteiger partial charge in [-0.1, -0.05) is 42.1 Å². The van der Waals surface area contributed by atoms with E-state index in [1.165, 1.54) is 12.1 Å². The largest absolute Gasteiger partial charge is 0.325 e. The number of hydrogen-bond acceptors (Lipinski definition) is 4. The molecule has 0 unspecified atom stereocenters. The lowest BCUT2D eigenvalue weighted by Gasteiger charge is -2.25. The predicted molar refractivity (Wildman–Crippen MR) is 112 cm³/mol. The number of benzene rings is 2. The van der Waals surface area contributed by atoms with E-state index in [4.69, 9.17) is 0 Å². The second-order valence-electron chi connectivity index (χ2n) is 6.81. The summed E-state index contributed by atoms with van der Waals surface area (Å²) in [5, 5.41) is 15.6. The number of carbonyl (C=O) groups excluding carboxylic acids is 2. The first-order chi connectivity index (χ1) is 13.9. The van der Waals surface area contributed by atoms with Crippen molar-refractivity contribution in [2.24, 2.45) is 0 Å². The molecule has 2 aromatic rings. The van der Waals surface area contributed by atoms with Crippen molar-refractivity contribution in [1.82, 2.24) is 5.32 Å². The average Bonchev–Trinajstić information content (AvgIpc) is 2.69. The van der Waals surface area contributed by atoms with Crippen LogP contribution in [0.1, 0.15) is 29.0 Å². The summed E-state index contributed by atoms with van der Waals surface area (Å²) in [6, 6.07) is 13.7. The van der Waals surface area contributed by atoms with E-state index in [0.29, 0.717) is 16.2 Å². The van der Waals surface area contributed by atoms with Crippen LogP contribution in [0.3, 0.4) is 0 Å². The second kappa shape index (κ2) is 8.93. The van der Waals surface area contributed by atoms with Gasteiger partial charge in [0.05, 0.1) is 22.4 Å². The first kappa shape index (κ1) is 20.6. The van der Waals surface area contributed by atoms with Gasteiger partial charge in [-0.05, 0) is 42.7 Å². The van der Waals surface area contributed by atoms with Gasteiger partial charge in [0, 0.05) is 18.0 Å². The molecule has 0 saturated heterocycles. The summed E-state index contributed by atoms with van der Waals surface area (Å²) >= 11 is 1.11. The maximum Gasteiger partial charge on any atom is 0.234 e. The Bertz CT molecular complexity index is 1010. The quantitative estimate of drug-likeness (QED) is 0.777. The van der Waals surface area contributed by atoms with E-state index < -0.39 is 5.92 Å². The molecule has 3 rings (SSSR count).